The Labute approximate surface area is 115 Å². The van der Waals surface area contributed by atoms with E-state index in [0.717, 1.165) is 30.8 Å². The number of benzene rings is 1. The molecule has 3 heteroatoms. The summed E-state index contributed by atoms with van der Waals surface area (Å²) in [7, 11) is 0. The summed E-state index contributed by atoms with van der Waals surface area (Å²) in [4.78, 5) is 2.45. The second-order valence-electron chi connectivity index (χ2n) is 5.78. The highest BCUT2D eigenvalue weighted by molar-refractivity contribution is 5.28. The van der Waals surface area contributed by atoms with Crippen molar-refractivity contribution in [3.05, 3.63) is 35.1 Å². The molecule has 0 spiro atoms. The smallest absolute Gasteiger partial charge is 0.123 e. The Morgan fingerprint density at radius 3 is 2.58 bits per heavy atom. The zero-order valence-electron chi connectivity index (χ0n) is 12.1. The maximum atomic E-state index is 13.4. The summed E-state index contributed by atoms with van der Waals surface area (Å²) >= 11 is 0. The zero-order valence-corrected chi connectivity index (χ0v) is 12.1. The molecule has 1 aliphatic rings. The van der Waals surface area contributed by atoms with Gasteiger partial charge in [-0.05, 0) is 54.5 Å². The van der Waals surface area contributed by atoms with E-state index in [2.05, 4.69) is 18.7 Å². The molecule has 0 radical (unpaired) electrons. The van der Waals surface area contributed by atoms with Gasteiger partial charge in [0.2, 0.25) is 0 Å². The van der Waals surface area contributed by atoms with Crippen molar-refractivity contribution in [2.24, 2.45) is 11.1 Å². The Balaban J connectivity index is 2.08. The van der Waals surface area contributed by atoms with E-state index in [4.69, 9.17) is 5.73 Å². The zero-order chi connectivity index (χ0) is 13.9. The molecule has 2 N–H and O–H groups in total. The Kier molecular flexibility index (Phi) is 4.58. The molecule has 0 unspecified atom stereocenters. The van der Waals surface area contributed by atoms with E-state index < -0.39 is 0 Å². The second-order valence-corrected chi connectivity index (χ2v) is 5.78. The number of hydrogen-bond acceptors (Lipinski definition) is 2. The predicted octanol–water partition coefficient (Wildman–Crippen LogP) is 3.30. The first-order valence-corrected chi connectivity index (χ1v) is 7.32. The molecule has 0 saturated carbocycles. The molecule has 1 fully saturated rings. The topological polar surface area (TPSA) is 29.3 Å². The van der Waals surface area contributed by atoms with Crippen molar-refractivity contribution in [1.82, 2.24) is 4.90 Å². The van der Waals surface area contributed by atoms with Gasteiger partial charge in [-0.1, -0.05) is 19.9 Å². The molecule has 1 aromatic carbocycles. The molecule has 1 aromatic rings. The van der Waals surface area contributed by atoms with Crippen molar-refractivity contribution >= 4 is 0 Å². The molecule has 106 valence electrons. The van der Waals surface area contributed by atoms with Crippen molar-refractivity contribution in [1.29, 1.82) is 0 Å². The lowest BCUT2D eigenvalue weighted by Gasteiger charge is -2.26. The third kappa shape index (κ3) is 3.15. The van der Waals surface area contributed by atoms with Gasteiger partial charge in [-0.15, -0.1) is 0 Å². The largest absolute Gasteiger partial charge is 0.326 e. The van der Waals surface area contributed by atoms with Gasteiger partial charge in [-0.25, -0.2) is 4.39 Å². The van der Waals surface area contributed by atoms with Crippen LogP contribution in [0.15, 0.2) is 18.2 Å². The Morgan fingerprint density at radius 1 is 1.26 bits per heavy atom. The fourth-order valence-corrected chi connectivity index (χ4v) is 3.17. The molecule has 0 aliphatic carbocycles. The summed E-state index contributed by atoms with van der Waals surface area (Å²) in [6.45, 7) is 8.10. The average Bonchev–Trinajstić information content (AvgIpc) is 2.83. The van der Waals surface area contributed by atoms with Crippen LogP contribution >= 0.6 is 0 Å². The molecule has 0 bridgehead atoms. The lowest BCUT2D eigenvalue weighted by atomic mass is 9.82. The van der Waals surface area contributed by atoms with Crippen LogP contribution in [0.5, 0.6) is 0 Å². The van der Waals surface area contributed by atoms with Gasteiger partial charge in [-0.3, -0.25) is 4.90 Å². The molecule has 19 heavy (non-hydrogen) atoms. The van der Waals surface area contributed by atoms with Crippen molar-refractivity contribution < 1.29 is 4.39 Å². The van der Waals surface area contributed by atoms with E-state index in [1.54, 1.807) is 6.07 Å². The van der Waals surface area contributed by atoms with Gasteiger partial charge in [0.25, 0.3) is 0 Å². The Bertz CT molecular complexity index is 427. The molecule has 2 rings (SSSR count). The first-order valence-electron chi connectivity index (χ1n) is 7.32. The van der Waals surface area contributed by atoms with Crippen molar-refractivity contribution in [2.75, 3.05) is 13.1 Å². The Hall–Kier alpha value is -0.930. The molecular weight excluding hydrogens is 239 g/mol. The molecular formula is C16H25FN2. The van der Waals surface area contributed by atoms with Gasteiger partial charge in [0, 0.05) is 19.6 Å². The van der Waals surface area contributed by atoms with Gasteiger partial charge < -0.3 is 5.73 Å². The van der Waals surface area contributed by atoms with E-state index in [1.165, 1.54) is 25.3 Å². The average molecular weight is 264 g/mol. The molecule has 1 heterocycles. The fourth-order valence-electron chi connectivity index (χ4n) is 3.17. The van der Waals surface area contributed by atoms with Crippen molar-refractivity contribution in [3.8, 4) is 0 Å². The monoisotopic (exact) mass is 264 g/mol. The second kappa shape index (κ2) is 6.02. The number of halogens is 1. The standard InChI is InChI=1S/C16H25FN2/c1-3-16(4-2)7-8-19(12-16)11-14-9-15(17)6-5-13(14)10-18/h5-6,9H,3-4,7-8,10-12,18H2,1-2H3. The highest BCUT2D eigenvalue weighted by Gasteiger charge is 2.34. The lowest BCUT2D eigenvalue weighted by molar-refractivity contribution is 0.236. The van der Waals surface area contributed by atoms with Crippen LogP contribution in [0.3, 0.4) is 0 Å². The highest BCUT2D eigenvalue weighted by Crippen LogP contribution is 2.37. The van der Waals surface area contributed by atoms with Crippen LogP contribution in [0.25, 0.3) is 0 Å². The van der Waals surface area contributed by atoms with E-state index in [9.17, 15) is 4.39 Å². The summed E-state index contributed by atoms with van der Waals surface area (Å²) in [6, 6.07) is 4.95. The molecule has 0 amide bonds. The minimum absolute atomic E-state index is 0.163. The molecule has 0 aromatic heterocycles. The van der Waals surface area contributed by atoms with Crippen molar-refractivity contribution in [3.63, 3.8) is 0 Å². The van der Waals surface area contributed by atoms with E-state index in [1.807, 2.05) is 6.07 Å². The lowest BCUT2D eigenvalue weighted by Crippen LogP contribution is -2.26. The van der Waals surface area contributed by atoms with E-state index in [-0.39, 0.29) is 5.82 Å². The quantitative estimate of drug-likeness (QED) is 0.884. The summed E-state index contributed by atoms with van der Waals surface area (Å²) in [5.74, 6) is -0.163. The molecule has 2 nitrogen and oxygen atoms in total. The summed E-state index contributed by atoms with van der Waals surface area (Å²) in [5, 5.41) is 0. The predicted molar refractivity (Wildman–Crippen MR) is 77.2 cm³/mol. The summed E-state index contributed by atoms with van der Waals surface area (Å²) in [6.07, 6.45) is 3.72. The van der Waals surface area contributed by atoms with Gasteiger partial charge in [0.1, 0.15) is 5.82 Å². The third-order valence-corrected chi connectivity index (χ3v) is 4.80. The Morgan fingerprint density at radius 2 is 2.00 bits per heavy atom. The van der Waals surface area contributed by atoms with Crippen LogP contribution in [0.4, 0.5) is 4.39 Å². The minimum atomic E-state index is -0.163. The van der Waals surface area contributed by atoms with Gasteiger partial charge in [-0.2, -0.15) is 0 Å². The van der Waals surface area contributed by atoms with Crippen LogP contribution in [0.1, 0.15) is 44.2 Å². The van der Waals surface area contributed by atoms with Crippen LogP contribution in [0, 0.1) is 11.2 Å². The molecule has 1 saturated heterocycles. The molecule has 0 atom stereocenters. The first kappa shape index (κ1) is 14.5. The SMILES string of the molecule is CCC1(CC)CCN(Cc2cc(F)ccc2CN)C1. The van der Waals surface area contributed by atoms with Crippen LogP contribution in [0.2, 0.25) is 0 Å². The maximum Gasteiger partial charge on any atom is 0.123 e. The summed E-state index contributed by atoms with van der Waals surface area (Å²) < 4.78 is 13.4. The number of nitrogens with two attached hydrogens (primary N) is 1. The third-order valence-electron chi connectivity index (χ3n) is 4.80. The van der Waals surface area contributed by atoms with Crippen LogP contribution in [-0.2, 0) is 13.1 Å². The van der Waals surface area contributed by atoms with Crippen LogP contribution in [-0.4, -0.2) is 18.0 Å². The molecule has 1 aliphatic heterocycles. The van der Waals surface area contributed by atoms with Gasteiger partial charge in [0.15, 0.2) is 0 Å². The minimum Gasteiger partial charge on any atom is -0.326 e. The maximum absolute atomic E-state index is 13.4. The number of nitrogens with zero attached hydrogens (tertiary/aromatic N) is 1. The van der Waals surface area contributed by atoms with Gasteiger partial charge >= 0.3 is 0 Å². The van der Waals surface area contributed by atoms with Crippen molar-refractivity contribution in [2.45, 2.75) is 46.2 Å². The number of hydrogen-bond donors (Lipinski definition) is 1. The normalized spacial score (nSPS) is 18.9. The van der Waals surface area contributed by atoms with Crippen LogP contribution < -0.4 is 5.73 Å². The number of rotatable bonds is 5. The van der Waals surface area contributed by atoms with Gasteiger partial charge in [0.05, 0.1) is 0 Å². The summed E-state index contributed by atoms with van der Waals surface area (Å²) in [5.41, 5.74) is 8.32. The van der Waals surface area contributed by atoms with E-state index >= 15 is 0 Å². The number of likely N-dealkylation sites (tertiary alicyclic amines) is 1. The highest BCUT2D eigenvalue weighted by atomic mass is 19.1. The van der Waals surface area contributed by atoms with E-state index in [0.29, 0.717) is 12.0 Å². The fraction of sp³-hybridized carbons (Fsp3) is 0.625. The first-order chi connectivity index (χ1) is 9.12.